The second kappa shape index (κ2) is 4.65. The van der Waals surface area contributed by atoms with Gasteiger partial charge < -0.3 is 0 Å². The Labute approximate surface area is 93.0 Å². The number of hydrogen-bond donors (Lipinski definition) is 0. The quantitative estimate of drug-likeness (QED) is 0.577. The molecule has 0 bridgehead atoms. The van der Waals surface area contributed by atoms with Gasteiger partial charge >= 0.3 is 0 Å². The molecule has 1 saturated carbocycles. The van der Waals surface area contributed by atoms with Crippen LogP contribution in [0.4, 0.5) is 0 Å². The lowest BCUT2D eigenvalue weighted by Crippen LogP contribution is -2.07. The Hall–Kier alpha value is -1.04. The first-order valence-electron chi connectivity index (χ1n) is 5.97. The lowest BCUT2D eigenvalue weighted by Gasteiger charge is -2.25. The van der Waals surface area contributed by atoms with E-state index < -0.39 is 0 Å². The second-order valence-electron chi connectivity index (χ2n) is 4.79. The number of rotatable bonds is 1. The van der Waals surface area contributed by atoms with E-state index >= 15 is 0 Å². The van der Waals surface area contributed by atoms with Crippen molar-refractivity contribution < 1.29 is 0 Å². The summed E-state index contributed by atoms with van der Waals surface area (Å²) in [4.78, 5) is 0. The lowest BCUT2D eigenvalue weighted by molar-refractivity contribution is 0.513. The normalized spacial score (nSPS) is 21.5. The lowest BCUT2D eigenvalue weighted by atomic mass is 9.80. The topological polar surface area (TPSA) is 0 Å². The highest BCUT2D eigenvalue weighted by atomic mass is 14.2. The van der Waals surface area contributed by atoms with E-state index in [1.807, 2.05) is 0 Å². The van der Waals surface area contributed by atoms with Gasteiger partial charge in [-0.15, -0.1) is 0 Å². The van der Waals surface area contributed by atoms with Crippen molar-refractivity contribution in [3.63, 3.8) is 0 Å². The maximum absolute atomic E-state index is 2.28. The summed E-state index contributed by atoms with van der Waals surface area (Å²) in [5.41, 5.74) is 4.77. The van der Waals surface area contributed by atoms with Crippen LogP contribution in [0.5, 0.6) is 0 Å². The SMILES string of the molecule is CC(C)=C1CCC(c2ccccc2)CC1. The Morgan fingerprint density at radius 3 is 2.13 bits per heavy atom. The van der Waals surface area contributed by atoms with Gasteiger partial charge in [0.25, 0.3) is 0 Å². The van der Waals surface area contributed by atoms with Crippen LogP contribution in [0.2, 0.25) is 0 Å². The molecule has 0 atom stereocenters. The Morgan fingerprint density at radius 2 is 1.60 bits per heavy atom. The van der Waals surface area contributed by atoms with Crippen molar-refractivity contribution in [3.05, 3.63) is 47.0 Å². The molecular formula is C15H20. The van der Waals surface area contributed by atoms with Gasteiger partial charge in [0.1, 0.15) is 0 Å². The van der Waals surface area contributed by atoms with Crippen molar-refractivity contribution in [1.82, 2.24) is 0 Å². The fourth-order valence-corrected chi connectivity index (χ4v) is 2.52. The summed E-state index contributed by atoms with van der Waals surface area (Å²) in [6, 6.07) is 11.0. The summed E-state index contributed by atoms with van der Waals surface area (Å²) < 4.78 is 0. The van der Waals surface area contributed by atoms with Crippen LogP contribution in [0.1, 0.15) is 51.0 Å². The minimum Gasteiger partial charge on any atom is -0.0772 e. The van der Waals surface area contributed by atoms with Crippen molar-refractivity contribution in [2.75, 3.05) is 0 Å². The van der Waals surface area contributed by atoms with E-state index in [4.69, 9.17) is 0 Å². The highest BCUT2D eigenvalue weighted by Crippen LogP contribution is 2.36. The first-order valence-corrected chi connectivity index (χ1v) is 5.97. The van der Waals surface area contributed by atoms with Gasteiger partial charge in [-0.25, -0.2) is 0 Å². The molecule has 80 valence electrons. The Bertz CT molecular complexity index is 332. The van der Waals surface area contributed by atoms with Crippen LogP contribution in [-0.2, 0) is 0 Å². The van der Waals surface area contributed by atoms with Crippen molar-refractivity contribution in [1.29, 1.82) is 0 Å². The van der Waals surface area contributed by atoms with Crippen LogP contribution >= 0.6 is 0 Å². The molecule has 0 aromatic heterocycles. The zero-order valence-electron chi connectivity index (χ0n) is 9.79. The van der Waals surface area contributed by atoms with Crippen LogP contribution in [-0.4, -0.2) is 0 Å². The molecule has 15 heavy (non-hydrogen) atoms. The Kier molecular flexibility index (Phi) is 3.25. The molecule has 1 aromatic rings. The highest BCUT2D eigenvalue weighted by molar-refractivity contribution is 5.23. The van der Waals surface area contributed by atoms with Crippen molar-refractivity contribution >= 4 is 0 Å². The summed E-state index contributed by atoms with van der Waals surface area (Å²) in [5, 5.41) is 0. The third-order valence-corrected chi connectivity index (χ3v) is 3.57. The highest BCUT2D eigenvalue weighted by Gasteiger charge is 2.18. The molecular weight excluding hydrogens is 180 g/mol. The third-order valence-electron chi connectivity index (χ3n) is 3.57. The number of benzene rings is 1. The summed E-state index contributed by atoms with van der Waals surface area (Å²) in [7, 11) is 0. The molecule has 0 amide bonds. The molecule has 0 nitrogen and oxygen atoms in total. The molecule has 0 unspecified atom stereocenters. The van der Waals surface area contributed by atoms with Gasteiger partial charge in [-0.05, 0) is 51.0 Å². The average Bonchev–Trinajstić information content (AvgIpc) is 2.30. The van der Waals surface area contributed by atoms with E-state index in [9.17, 15) is 0 Å². The van der Waals surface area contributed by atoms with Crippen LogP contribution in [0.15, 0.2) is 41.5 Å². The van der Waals surface area contributed by atoms with E-state index in [0.29, 0.717) is 0 Å². The molecule has 2 rings (SSSR count). The predicted octanol–water partition coefficient (Wildman–Crippen LogP) is 4.68. The summed E-state index contributed by atoms with van der Waals surface area (Å²) in [6.07, 6.45) is 5.29. The average molecular weight is 200 g/mol. The molecule has 0 heterocycles. The van der Waals surface area contributed by atoms with E-state index in [1.54, 1.807) is 11.1 Å². The largest absolute Gasteiger partial charge is 0.0772 e. The summed E-state index contributed by atoms with van der Waals surface area (Å²) in [6.45, 7) is 4.50. The van der Waals surface area contributed by atoms with Gasteiger partial charge in [0.05, 0.1) is 0 Å². The van der Waals surface area contributed by atoms with E-state index in [1.165, 1.54) is 31.2 Å². The fourth-order valence-electron chi connectivity index (χ4n) is 2.52. The van der Waals surface area contributed by atoms with Gasteiger partial charge in [0.2, 0.25) is 0 Å². The van der Waals surface area contributed by atoms with Gasteiger partial charge in [0.15, 0.2) is 0 Å². The monoisotopic (exact) mass is 200 g/mol. The molecule has 1 aliphatic carbocycles. The van der Waals surface area contributed by atoms with E-state index in [0.717, 1.165) is 5.92 Å². The molecule has 1 fully saturated rings. The first kappa shape index (κ1) is 10.5. The fraction of sp³-hybridized carbons (Fsp3) is 0.467. The molecule has 0 heteroatoms. The zero-order valence-corrected chi connectivity index (χ0v) is 9.79. The van der Waals surface area contributed by atoms with Crippen molar-refractivity contribution in [3.8, 4) is 0 Å². The molecule has 0 aliphatic heterocycles. The first-order chi connectivity index (χ1) is 7.27. The predicted molar refractivity (Wildman–Crippen MR) is 66.0 cm³/mol. The van der Waals surface area contributed by atoms with E-state index in [-0.39, 0.29) is 0 Å². The van der Waals surface area contributed by atoms with E-state index in [2.05, 4.69) is 44.2 Å². The zero-order chi connectivity index (χ0) is 10.7. The second-order valence-corrected chi connectivity index (χ2v) is 4.79. The van der Waals surface area contributed by atoms with Crippen LogP contribution < -0.4 is 0 Å². The van der Waals surface area contributed by atoms with Crippen molar-refractivity contribution in [2.45, 2.75) is 45.4 Å². The van der Waals surface area contributed by atoms with Crippen molar-refractivity contribution in [2.24, 2.45) is 0 Å². The minimum atomic E-state index is 0.800. The van der Waals surface area contributed by atoms with Gasteiger partial charge in [-0.2, -0.15) is 0 Å². The van der Waals surface area contributed by atoms with Crippen LogP contribution in [0.3, 0.4) is 0 Å². The van der Waals surface area contributed by atoms with Gasteiger partial charge in [-0.1, -0.05) is 41.5 Å². The number of hydrogen-bond acceptors (Lipinski definition) is 0. The molecule has 0 saturated heterocycles. The Balaban J connectivity index is 2.03. The standard InChI is InChI=1S/C15H20/c1-12(2)13-8-10-15(11-9-13)14-6-4-3-5-7-14/h3-7,15H,8-11H2,1-2H3. The number of allylic oxidation sites excluding steroid dienone is 2. The third kappa shape index (κ3) is 2.50. The van der Waals surface area contributed by atoms with Gasteiger partial charge in [-0.3, -0.25) is 0 Å². The molecule has 0 radical (unpaired) electrons. The molecule has 0 N–H and O–H groups in total. The summed E-state index contributed by atoms with van der Waals surface area (Å²) in [5.74, 6) is 0.800. The maximum atomic E-state index is 2.28. The van der Waals surface area contributed by atoms with Crippen LogP contribution in [0, 0.1) is 0 Å². The Morgan fingerprint density at radius 1 is 1.00 bits per heavy atom. The van der Waals surface area contributed by atoms with Crippen LogP contribution in [0.25, 0.3) is 0 Å². The summed E-state index contributed by atoms with van der Waals surface area (Å²) >= 11 is 0. The minimum absolute atomic E-state index is 0.800. The molecule has 1 aromatic carbocycles. The van der Waals surface area contributed by atoms with Gasteiger partial charge in [0, 0.05) is 0 Å². The molecule has 0 spiro atoms. The molecule has 1 aliphatic rings. The smallest absolute Gasteiger partial charge is 0.0156 e. The maximum Gasteiger partial charge on any atom is -0.0156 e.